The highest BCUT2D eigenvalue weighted by Gasteiger charge is 2.04. The molecule has 0 unspecified atom stereocenters. The van der Waals surface area contributed by atoms with Crippen LogP contribution in [0.1, 0.15) is 0 Å². The summed E-state index contributed by atoms with van der Waals surface area (Å²) in [4.78, 5) is 0. The Morgan fingerprint density at radius 1 is 1.27 bits per heavy atom. The molecule has 0 fully saturated rings. The minimum atomic E-state index is -3.86. The first-order chi connectivity index (χ1) is 5.06. The maximum Gasteiger partial charge on any atom is 0.323 e. The van der Waals surface area contributed by atoms with Crippen molar-refractivity contribution < 1.29 is 25.3 Å². The highest BCUT2D eigenvalue weighted by Crippen LogP contribution is 1.78. The molecule has 0 aromatic rings. The molecule has 0 heterocycles. The second-order valence-electron chi connectivity index (χ2n) is 1.63. The molecule has 0 radical (unpaired) electrons. The van der Waals surface area contributed by atoms with Crippen LogP contribution in [0.4, 0.5) is 0 Å². The van der Waals surface area contributed by atoms with E-state index in [1.165, 1.54) is 0 Å². The Morgan fingerprint density at radius 2 is 1.91 bits per heavy atom. The summed E-state index contributed by atoms with van der Waals surface area (Å²) in [5.74, 6) is 0. The smallest absolute Gasteiger partial charge is 0.323 e. The maximum atomic E-state index is 10.1. The van der Waals surface area contributed by atoms with Gasteiger partial charge in [-0.25, -0.2) is 8.42 Å². The molecule has 0 rings (SSSR count). The lowest BCUT2D eigenvalue weighted by atomic mass is 15.7. The first kappa shape index (κ1) is 11.7. The zero-order valence-corrected chi connectivity index (χ0v) is 13.1. The van der Waals surface area contributed by atoms with E-state index < -0.39 is 38.5 Å². The van der Waals surface area contributed by atoms with Crippen LogP contribution < -0.4 is 0 Å². The molecule has 0 aliphatic rings. The summed E-state index contributed by atoms with van der Waals surface area (Å²) >= 11 is 0. The highest BCUT2D eigenvalue weighted by atomic mass is 32.4. The van der Waals surface area contributed by atoms with Crippen LogP contribution in [0.15, 0.2) is 0 Å². The molecule has 0 spiro atoms. The van der Waals surface area contributed by atoms with Crippen LogP contribution in [0.2, 0.25) is 0 Å². The fourth-order valence-electron chi connectivity index (χ4n) is 0.316. The second-order valence-corrected chi connectivity index (χ2v) is 12.0. The van der Waals surface area contributed by atoms with Crippen molar-refractivity contribution in [3.8, 4) is 0 Å². The van der Waals surface area contributed by atoms with Crippen molar-refractivity contribution in [1.82, 2.24) is 0 Å². The molecule has 0 saturated carbocycles. The Kier molecular flexibility index (Phi) is 6.58. The van der Waals surface area contributed by atoms with Crippen LogP contribution in [0.3, 0.4) is 0 Å². The molecular formula is H10O6SSi4. The van der Waals surface area contributed by atoms with Crippen molar-refractivity contribution in [2.75, 3.05) is 0 Å². The van der Waals surface area contributed by atoms with Crippen LogP contribution in [-0.4, -0.2) is 52.4 Å². The lowest BCUT2D eigenvalue weighted by Crippen LogP contribution is -2.18. The average molecular weight is 250 g/mol. The van der Waals surface area contributed by atoms with Crippen LogP contribution >= 0.6 is 0 Å². The van der Waals surface area contributed by atoms with E-state index in [1.807, 2.05) is 0 Å². The van der Waals surface area contributed by atoms with Gasteiger partial charge in [0.1, 0.15) is 10.5 Å². The van der Waals surface area contributed by atoms with Gasteiger partial charge in [-0.15, -0.1) is 0 Å². The first-order valence-corrected chi connectivity index (χ1v) is 9.70. The van der Waals surface area contributed by atoms with Gasteiger partial charge in [-0.05, 0) is 0 Å². The predicted molar refractivity (Wildman–Crippen MR) is 50.4 cm³/mol. The van der Waals surface area contributed by atoms with Crippen molar-refractivity contribution in [2.45, 2.75) is 0 Å². The summed E-state index contributed by atoms with van der Waals surface area (Å²) in [6.07, 6.45) is 0. The molecule has 6 nitrogen and oxygen atoms in total. The highest BCUT2D eigenvalue weighted by molar-refractivity contribution is 8.10. The van der Waals surface area contributed by atoms with Crippen LogP contribution in [-0.2, 0) is 21.9 Å². The fraction of sp³-hybridized carbons (Fsp3) is 0. The second kappa shape index (κ2) is 6.20. The summed E-state index contributed by atoms with van der Waals surface area (Å²) < 4.78 is 42.8. The largest absolute Gasteiger partial charge is 0.449 e. The van der Waals surface area contributed by atoms with Gasteiger partial charge in [0, 0.05) is 0 Å². The van der Waals surface area contributed by atoms with Crippen molar-refractivity contribution in [1.29, 1.82) is 0 Å². The van der Waals surface area contributed by atoms with Gasteiger partial charge < -0.3 is 12.3 Å². The van der Waals surface area contributed by atoms with Gasteiger partial charge in [-0.1, -0.05) is 0 Å². The van der Waals surface area contributed by atoms with E-state index in [2.05, 4.69) is 4.12 Å². The lowest BCUT2D eigenvalue weighted by Gasteiger charge is -2.01. The van der Waals surface area contributed by atoms with E-state index in [0.717, 1.165) is 0 Å². The lowest BCUT2D eigenvalue weighted by molar-refractivity contribution is 0.436. The Balaban J connectivity index is 3.16. The first-order valence-electron chi connectivity index (χ1n) is 2.66. The topological polar surface area (TPSA) is 82.1 Å². The van der Waals surface area contributed by atoms with E-state index in [4.69, 9.17) is 12.8 Å². The van der Waals surface area contributed by atoms with Gasteiger partial charge in [0.2, 0.25) is 9.57 Å². The van der Waals surface area contributed by atoms with Gasteiger partial charge in [0.05, 0.1) is 0 Å². The third-order valence-electron chi connectivity index (χ3n) is 0.600. The minimum Gasteiger partial charge on any atom is -0.449 e. The normalized spacial score (nSPS) is 15.4. The van der Waals surface area contributed by atoms with E-state index >= 15 is 0 Å². The summed E-state index contributed by atoms with van der Waals surface area (Å²) in [7, 11) is -7.14. The molecule has 11 heavy (non-hydrogen) atoms. The van der Waals surface area contributed by atoms with Crippen molar-refractivity contribution in [2.24, 2.45) is 0 Å². The van der Waals surface area contributed by atoms with Crippen LogP contribution in [0.5, 0.6) is 0 Å². The summed E-state index contributed by atoms with van der Waals surface area (Å²) in [6, 6.07) is 0. The number of rotatable bonds is 6. The monoisotopic (exact) mass is 250 g/mol. The van der Waals surface area contributed by atoms with Crippen LogP contribution in [0.25, 0.3) is 0 Å². The Morgan fingerprint density at radius 3 is 2.36 bits per heavy atom. The van der Waals surface area contributed by atoms with Crippen LogP contribution in [0, 0.1) is 0 Å². The van der Waals surface area contributed by atoms with Gasteiger partial charge >= 0.3 is 8.91 Å². The Bertz CT molecular complexity index is 173. The van der Waals surface area contributed by atoms with E-state index in [9.17, 15) is 8.42 Å². The Hall–Kier alpha value is 0.658. The zero-order valence-electron chi connectivity index (χ0n) is 6.02. The third-order valence-corrected chi connectivity index (χ3v) is 6.90. The SMILES string of the molecule is O=S(=O)(O)[SiH2]O[SiH2]O[SiH2]O[SiH3]. The summed E-state index contributed by atoms with van der Waals surface area (Å²) in [6.45, 7) is 0. The quantitative estimate of drug-likeness (QED) is 0.289. The molecule has 0 aromatic heterocycles. The molecular weight excluding hydrogens is 240 g/mol. The van der Waals surface area contributed by atoms with Gasteiger partial charge in [0.15, 0.2) is 0 Å². The molecule has 0 bridgehead atoms. The van der Waals surface area contributed by atoms with E-state index in [-0.39, 0.29) is 0 Å². The maximum absolute atomic E-state index is 10.1. The molecule has 0 aromatic carbocycles. The molecule has 68 valence electrons. The number of hydrogen-bond acceptors (Lipinski definition) is 5. The Labute approximate surface area is 74.6 Å². The zero-order chi connectivity index (χ0) is 8.74. The fourth-order valence-corrected chi connectivity index (χ4v) is 7.91. The van der Waals surface area contributed by atoms with Crippen molar-refractivity contribution in [3.63, 3.8) is 0 Å². The van der Waals surface area contributed by atoms with E-state index in [1.54, 1.807) is 0 Å². The van der Waals surface area contributed by atoms with Gasteiger partial charge in [-0.3, -0.25) is 4.55 Å². The molecule has 0 atom stereocenters. The van der Waals surface area contributed by atoms with Gasteiger partial charge in [-0.2, -0.15) is 0 Å². The predicted octanol–water partition coefficient (Wildman–Crippen LogP) is -4.80. The summed E-state index contributed by atoms with van der Waals surface area (Å²) in [5, 5.41) is 0. The molecule has 1 N–H and O–H groups in total. The summed E-state index contributed by atoms with van der Waals surface area (Å²) in [5.41, 5.74) is 0. The number of hydrogen-bond donors (Lipinski definition) is 1. The van der Waals surface area contributed by atoms with Crippen molar-refractivity contribution >= 4 is 49.0 Å². The molecule has 11 heteroatoms. The molecule has 0 saturated heterocycles. The molecule has 0 aliphatic carbocycles. The van der Waals surface area contributed by atoms with Gasteiger partial charge in [0.25, 0.3) is 20.0 Å². The average Bonchev–Trinajstić information content (AvgIpc) is 1.85. The van der Waals surface area contributed by atoms with E-state index in [0.29, 0.717) is 10.5 Å². The molecule has 0 amide bonds. The minimum absolute atomic E-state index is 0.646. The molecule has 0 aliphatic heterocycles. The standard InChI is InChI=1S/H10O6SSi4/c1-7(2,3)11-6-10-5-9-4-8/h9-11H2,8H3,(H,1,2,3). The third kappa shape index (κ3) is 10.7. The van der Waals surface area contributed by atoms with Crippen molar-refractivity contribution in [3.05, 3.63) is 0 Å².